The van der Waals surface area contributed by atoms with E-state index in [0.29, 0.717) is 0 Å². The zero-order valence-corrected chi connectivity index (χ0v) is 13.8. The van der Waals surface area contributed by atoms with Gasteiger partial charge in [-0.05, 0) is 31.7 Å². The topological polar surface area (TPSA) is 43.4 Å². The largest absolute Gasteiger partial charge is 0.455 e. The van der Waals surface area contributed by atoms with Crippen LogP contribution in [-0.2, 0) is 14.9 Å². The first kappa shape index (κ1) is 18.3. The molecule has 0 spiro atoms. The molecule has 0 bridgehead atoms. The predicted octanol–water partition coefficient (Wildman–Crippen LogP) is 4.14. The molecular weight excluding hydrogens is 290 g/mol. The summed E-state index contributed by atoms with van der Waals surface area (Å²) in [5.41, 5.74) is -0.555. The lowest BCUT2D eigenvalue weighted by atomic mass is 9.86. The van der Waals surface area contributed by atoms with Gasteiger partial charge in [-0.2, -0.15) is 8.78 Å². The fourth-order valence-electron chi connectivity index (χ4n) is 1.74. The lowest BCUT2D eigenvalue weighted by Crippen LogP contribution is -2.42. The molecule has 0 radical (unpaired) electrons. The van der Waals surface area contributed by atoms with E-state index in [-0.39, 0.29) is 11.0 Å². The van der Waals surface area contributed by atoms with Gasteiger partial charge in [0.05, 0.1) is 0 Å². The monoisotopic (exact) mass is 312 g/mol. The van der Waals surface area contributed by atoms with Crippen LogP contribution in [0.25, 0.3) is 0 Å². The lowest BCUT2D eigenvalue weighted by Gasteiger charge is -2.23. The Bertz CT molecular complexity index is 561. The van der Waals surface area contributed by atoms with Crippen molar-refractivity contribution in [3.8, 4) is 0 Å². The van der Waals surface area contributed by atoms with Crippen molar-refractivity contribution in [1.29, 1.82) is 0 Å². The lowest BCUT2D eigenvalue weighted by molar-refractivity contribution is -0.176. The second-order valence-corrected chi connectivity index (χ2v) is 7.23. The number of ketones is 1. The van der Waals surface area contributed by atoms with Crippen LogP contribution >= 0.6 is 0 Å². The van der Waals surface area contributed by atoms with Crippen molar-refractivity contribution < 1.29 is 23.1 Å². The molecule has 122 valence electrons. The van der Waals surface area contributed by atoms with Gasteiger partial charge in [-0.3, -0.25) is 4.79 Å². The molecule has 5 heteroatoms. The molecule has 0 amide bonds. The number of carbonyl (C=O) groups is 2. The minimum atomic E-state index is -4.20. The van der Waals surface area contributed by atoms with E-state index in [4.69, 9.17) is 0 Å². The average Bonchev–Trinajstić information content (AvgIpc) is 2.35. The summed E-state index contributed by atoms with van der Waals surface area (Å²) in [6.45, 7) is 10.3. The normalized spacial score (nSPS) is 12.9. The first-order valence-electron chi connectivity index (χ1n) is 7.02. The van der Waals surface area contributed by atoms with Crippen molar-refractivity contribution in [3.05, 3.63) is 35.4 Å². The molecule has 0 N–H and O–H groups in total. The van der Waals surface area contributed by atoms with E-state index in [1.807, 2.05) is 20.8 Å². The molecule has 0 aliphatic heterocycles. The third-order valence-corrected chi connectivity index (χ3v) is 2.95. The first-order valence-corrected chi connectivity index (χ1v) is 7.02. The highest BCUT2D eigenvalue weighted by Crippen LogP contribution is 2.27. The zero-order valence-electron chi connectivity index (χ0n) is 13.8. The number of carbonyl (C=O) groups excluding carboxylic acids is 2. The number of ether oxygens (including phenoxy) is 1. The van der Waals surface area contributed by atoms with Gasteiger partial charge >= 0.3 is 11.9 Å². The fraction of sp³-hybridized carbons (Fsp3) is 0.529. The van der Waals surface area contributed by atoms with Crippen LogP contribution < -0.4 is 0 Å². The molecule has 0 unspecified atom stereocenters. The molecule has 0 heterocycles. The first-order chi connectivity index (χ1) is 9.75. The van der Waals surface area contributed by atoms with Crippen LogP contribution in [0.15, 0.2) is 24.3 Å². The number of Topliss-reactive ketones (excluding diaryl/α,β-unsaturated/α-hetero) is 1. The SMILES string of the molecule is CC(C)(C)OC(=O)C(F)(F)C(=O)c1ccc(C(C)(C)C)cc1. The summed E-state index contributed by atoms with van der Waals surface area (Å²) in [6.07, 6.45) is 0. The van der Waals surface area contributed by atoms with Crippen molar-refractivity contribution in [2.24, 2.45) is 0 Å². The van der Waals surface area contributed by atoms with E-state index in [1.165, 1.54) is 32.9 Å². The molecule has 0 aromatic heterocycles. The number of alkyl halides is 2. The minimum absolute atomic E-state index is 0.157. The van der Waals surface area contributed by atoms with E-state index < -0.39 is 23.3 Å². The quantitative estimate of drug-likeness (QED) is 0.478. The molecule has 3 nitrogen and oxygen atoms in total. The third-order valence-electron chi connectivity index (χ3n) is 2.95. The van der Waals surface area contributed by atoms with Crippen molar-refractivity contribution >= 4 is 11.8 Å². The Morgan fingerprint density at radius 3 is 1.73 bits per heavy atom. The van der Waals surface area contributed by atoms with Gasteiger partial charge < -0.3 is 4.74 Å². The van der Waals surface area contributed by atoms with Crippen LogP contribution in [0.4, 0.5) is 8.78 Å². The van der Waals surface area contributed by atoms with Crippen molar-refractivity contribution in [2.75, 3.05) is 0 Å². The van der Waals surface area contributed by atoms with Gasteiger partial charge in [0, 0.05) is 5.56 Å². The van der Waals surface area contributed by atoms with Gasteiger partial charge in [0.25, 0.3) is 0 Å². The molecule has 22 heavy (non-hydrogen) atoms. The number of benzene rings is 1. The number of halogens is 2. The smallest absolute Gasteiger partial charge is 0.404 e. The summed E-state index contributed by atoms with van der Waals surface area (Å²) in [6, 6.07) is 5.83. The predicted molar refractivity (Wildman–Crippen MR) is 80.3 cm³/mol. The Balaban J connectivity index is 3.02. The Morgan fingerprint density at radius 1 is 0.909 bits per heavy atom. The molecule has 1 aromatic carbocycles. The summed E-state index contributed by atoms with van der Waals surface area (Å²) < 4.78 is 32.5. The summed E-state index contributed by atoms with van der Waals surface area (Å²) in [5.74, 6) is -7.58. The number of esters is 1. The minimum Gasteiger partial charge on any atom is -0.455 e. The van der Waals surface area contributed by atoms with Gasteiger partial charge in [0.2, 0.25) is 5.78 Å². The molecule has 0 saturated heterocycles. The molecule has 0 aliphatic carbocycles. The highest BCUT2D eigenvalue weighted by molar-refractivity contribution is 6.13. The van der Waals surface area contributed by atoms with Gasteiger partial charge in [0.1, 0.15) is 5.60 Å². The molecule has 1 rings (SSSR count). The maximum Gasteiger partial charge on any atom is 0.404 e. The van der Waals surface area contributed by atoms with Gasteiger partial charge in [0.15, 0.2) is 0 Å². The van der Waals surface area contributed by atoms with Crippen LogP contribution in [0.5, 0.6) is 0 Å². The van der Waals surface area contributed by atoms with E-state index in [2.05, 4.69) is 4.74 Å². The van der Waals surface area contributed by atoms with Crippen LogP contribution in [0, 0.1) is 0 Å². The fourth-order valence-corrected chi connectivity index (χ4v) is 1.74. The van der Waals surface area contributed by atoms with E-state index >= 15 is 0 Å². The number of rotatable bonds is 3. The van der Waals surface area contributed by atoms with Crippen molar-refractivity contribution in [3.63, 3.8) is 0 Å². The summed E-state index contributed by atoms with van der Waals surface area (Å²) in [5, 5.41) is 0. The van der Waals surface area contributed by atoms with Gasteiger partial charge in [-0.1, -0.05) is 45.0 Å². The molecular formula is C17H22F2O3. The summed E-state index contributed by atoms with van der Waals surface area (Å²) in [7, 11) is 0. The Hall–Kier alpha value is -1.78. The van der Waals surface area contributed by atoms with E-state index in [1.54, 1.807) is 12.1 Å². The molecule has 0 saturated carbocycles. The second kappa shape index (κ2) is 5.78. The number of hydrogen-bond donors (Lipinski definition) is 0. The van der Waals surface area contributed by atoms with Crippen LogP contribution in [-0.4, -0.2) is 23.3 Å². The van der Waals surface area contributed by atoms with E-state index in [0.717, 1.165) is 5.56 Å². The average molecular weight is 312 g/mol. The highest BCUT2D eigenvalue weighted by atomic mass is 19.3. The molecule has 0 aliphatic rings. The van der Waals surface area contributed by atoms with Crippen LogP contribution in [0.3, 0.4) is 0 Å². The second-order valence-electron chi connectivity index (χ2n) is 7.23. The third kappa shape index (κ3) is 4.36. The Kier molecular flexibility index (Phi) is 4.80. The summed E-state index contributed by atoms with van der Waals surface area (Å²) in [4.78, 5) is 23.4. The van der Waals surface area contributed by atoms with Gasteiger partial charge in [-0.15, -0.1) is 0 Å². The Labute approximate surface area is 129 Å². The van der Waals surface area contributed by atoms with Crippen molar-refractivity contribution in [2.45, 2.75) is 58.5 Å². The van der Waals surface area contributed by atoms with Crippen LogP contribution in [0.2, 0.25) is 0 Å². The molecule has 0 fully saturated rings. The Morgan fingerprint density at radius 2 is 1.36 bits per heavy atom. The van der Waals surface area contributed by atoms with E-state index in [9.17, 15) is 18.4 Å². The number of hydrogen-bond acceptors (Lipinski definition) is 3. The molecule has 1 aromatic rings. The summed E-state index contributed by atoms with van der Waals surface area (Å²) >= 11 is 0. The standard InChI is InChI=1S/C17H22F2O3/c1-15(2,3)12-9-7-11(8-10-12)13(20)17(18,19)14(21)22-16(4,5)6/h7-10H,1-6H3. The maximum atomic E-state index is 13.9. The maximum absolute atomic E-state index is 13.9. The zero-order chi connectivity index (χ0) is 17.3. The van der Waals surface area contributed by atoms with Crippen LogP contribution in [0.1, 0.15) is 57.5 Å². The van der Waals surface area contributed by atoms with Gasteiger partial charge in [-0.25, -0.2) is 4.79 Å². The highest BCUT2D eigenvalue weighted by Gasteiger charge is 2.50. The van der Waals surface area contributed by atoms with Crippen molar-refractivity contribution in [1.82, 2.24) is 0 Å². The molecule has 0 atom stereocenters.